The summed E-state index contributed by atoms with van der Waals surface area (Å²) in [6, 6.07) is 0.595. The van der Waals surface area contributed by atoms with Gasteiger partial charge in [0.05, 0.1) is 5.92 Å². The average molecular weight is 197 g/mol. The molecule has 2 atom stereocenters. The highest BCUT2D eigenvalue weighted by Crippen LogP contribution is 2.25. The normalized spacial score (nSPS) is 32.7. The van der Waals surface area contributed by atoms with Crippen molar-refractivity contribution >= 4 is 5.91 Å². The second kappa shape index (κ2) is 3.87. The van der Waals surface area contributed by atoms with Crippen LogP contribution in [0.15, 0.2) is 0 Å². The summed E-state index contributed by atoms with van der Waals surface area (Å²) in [7, 11) is 3.69. The van der Waals surface area contributed by atoms with E-state index in [4.69, 9.17) is 0 Å². The fourth-order valence-electron chi connectivity index (χ4n) is 2.51. The van der Waals surface area contributed by atoms with E-state index < -0.39 is 0 Å². The highest BCUT2D eigenvalue weighted by molar-refractivity contribution is 5.78. The Labute approximate surface area is 85.2 Å². The van der Waals surface area contributed by atoms with Gasteiger partial charge in [0.25, 0.3) is 0 Å². The van der Waals surface area contributed by atoms with Crippen LogP contribution in [-0.2, 0) is 4.79 Å². The number of hydrogen-bond donors (Lipinski definition) is 1. The van der Waals surface area contributed by atoms with E-state index in [2.05, 4.69) is 10.2 Å². The third-order valence-electron chi connectivity index (χ3n) is 3.27. The number of carbonyl (C=O) groups is 1. The lowest BCUT2D eigenvalue weighted by atomic mass is 10.0. The second-order valence-corrected chi connectivity index (χ2v) is 4.52. The zero-order valence-electron chi connectivity index (χ0n) is 8.99. The Morgan fingerprint density at radius 3 is 2.93 bits per heavy atom. The molecule has 4 nitrogen and oxygen atoms in total. The van der Waals surface area contributed by atoms with Crippen LogP contribution in [0.3, 0.4) is 0 Å². The van der Waals surface area contributed by atoms with Gasteiger partial charge in [-0.25, -0.2) is 0 Å². The predicted octanol–water partition coefficient (Wildman–Crippen LogP) is -0.632. The van der Waals surface area contributed by atoms with Crippen molar-refractivity contribution in [2.24, 2.45) is 5.92 Å². The maximum absolute atomic E-state index is 11.8. The van der Waals surface area contributed by atoms with Crippen molar-refractivity contribution in [2.45, 2.75) is 12.5 Å². The summed E-state index contributed by atoms with van der Waals surface area (Å²) in [5.41, 5.74) is 0. The number of fused-ring (bicyclic) bond motifs is 1. The van der Waals surface area contributed by atoms with Gasteiger partial charge in [0, 0.05) is 46.3 Å². The van der Waals surface area contributed by atoms with Crippen LogP contribution in [0.25, 0.3) is 0 Å². The summed E-state index contributed by atoms with van der Waals surface area (Å²) in [5, 5.41) is 3.38. The number of piperazine rings is 1. The Balaban J connectivity index is 1.95. The summed E-state index contributed by atoms with van der Waals surface area (Å²) in [6.07, 6.45) is 1.03. The molecule has 0 aliphatic carbocycles. The zero-order valence-corrected chi connectivity index (χ0v) is 8.99. The van der Waals surface area contributed by atoms with Crippen molar-refractivity contribution < 1.29 is 4.79 Å². The molecular weight excluding hydrogens is 178 g/mol. The summed E-state index contributed by atoms with van der Waals surface area (Å²) in [5.74, 6) is 0.522. The molecule has 0 bridgehead atoms. The lowest BCUT2D eigenvalue weighted by molar-refractivity contribution is -0.132. The van der Waals surface area contributed by atoms with E-state index in [1.807, 2.05) is 14.1 Å². The minimum atomic E-state index is 0.231. The maximum atomic E-state index is 11.8. The molecule has 1 amide bonds. The van der Waals surface area contributed by atoms with Crippen LogP contribution in [0.4, 0.5) is 0 Å². The van der Waals surface area contributed by atoms with Crippen molar-refractivity contribution in [1.29, 1.82) is 0 Å². The zero-order chi connectivity index (χ0) is 10.1. The van der Waals surface area contributed by atoms with Crippen molar-refractivity contribution in [1.82, 2.24) is 15.1 Å². The maximum Gasteiger partial charge on any atom is 0.226 e. The van der Waals surface area contributed by atoms with Crippen LogP contribution in [0.2, 0.25) is 0 Å². The van der Waals surface area contributed by atoms with Crippen molar-refractivity contribution in [3.8, 4) is 0 Å². The molecule has 2 fully saturated rings. The molecule has 4 heteroatoms. The first-order valence-corrected chi connectivity index (χ1v) is 5.34. The Morgan fingerprint density at radius 2 is 2.29 bits per heavy atom. The van der Waals surface area contributed by atoms with Crippen LogP contribution in [0, 0.1) is 5.92 Å². The molecule has 1 N–H and O–H groups in total. The Morgan fingerprint density at radius 1 is 1.50 bits per heavy atom. The van der Waals surface area contributed by atoms with Gasteiger partial charge in [-0.15, -0.1) is 0 Å². The molecule has 2 rings (SSSR count). The number of nitrogens with one attached hydrogen (secondary N) is 1. The van der Waals surface area contributed by atoms with Gasteiger partial charge < -0.3 is 10.2 Å². The molecule has 2 aliphatic heterocycles. The minimum absolute atomic E-state index is 0.231. The topological polar surface area (TPSA) is 35.6 Å². The first kappa shape index (κ1) is 9.93. The molecule has 0 saturated carbocycles. The lowest BCUT2D eigenvalue weighted by Crippen LogP contribution is -2.47. The quantitative estimate of drug-likeness (QED) is 0.608. The van der Waals surface area contributed by atoms with E-state index in [-0.39, 0.29) is 5.92 Å². The van der Waals surface area contributed by atoms with Gasteiger partial charge in [0.15, 0.2) is 0 Å². The fourth-order valence-corrected chi connectivity index (χ4v) is 2.51. The summed E-state index contributed by atoms with van der Waals surface area (Å²) in [6.45, 7) is 4.18. The third kappa shape index (κ3) is 1.77. The molecular formula is C10H19N3O. The van der Waals surface area contributed by atoms with Crippen molar-refractivity contribution in [3.63, 3.8) is 0 Å². The van der Waals surface area contributed by atoms with Gasteiger partial charge in [-0.3, -0.25) is 9.69 Å². The van der Waals surface area contributed by atoms with Gasteiger partial charge in [0.1, 0.15) is 0 Å². The second-order valence-electron chi connectivity index (χ2n) is 4.52. The highest BCUT2D eigenvalue weighted by atomic mass is 16.2. The van der Waals surface area contributed by atoms with Gasteiger partial charge in [-0.2, -0.15) is 0 Å². The summed E-state index contributed by atoms with van der Waals surface area (Å²) < 4.78 is 0. The summed E-state index contributed by atoms with van der Waals surface area (Å²) >= 11 is 0. The highest BCUT2D eigenvalue weighted by Gasteiger charge is 2.37. The smallest absolute Gasteiger partial charge is 0.226 e. The average Bonchev–Trinajstić information content (AvgIpc) is 2.59. The van der Waals surface area contributed by atoms with Gasteiger partial charge >= 0.3 is 0 Å². The fraction of sp³-hybridized carbons (Fsp3) is 0.900. The Bertz CT molecular complexity index is 215. The van der Waals surface area contributed by atoms with Crippen LogP contribution in [-0.4, -0.2) is 62.0 Å². The van der Waals surface area contributed by atoms with Crippen LogP contribution in [0.5, 0.6) is 0 Å². The Kier molecular flexibility index (Phi) is 2.74. The molecule has 0 aromatic rings. The third-order valence-corrected chi connectivity index (χ3v) is 3.27. The van der Waals surface area contributed by atoms with E-state index in [1.54, 1.807) is 4.90 Å². The minimum Gasteiger partial charge on any atom is -0.349 e. The molecule has 2 aliphatic rings. The van der Waals surface area contributed by atoms with E-state index in [1.165, 1.54) is 0 Å². The molecule has 0 radical (unpaired) electrons. The number of carbonyl (C=O) groups excluding carboxylic acids is 1. The monoisotopic (exact) mass is 197 g/mol. The number of rotatable bonds is 1. The SMILES string of the molecule is CN(C)C(=O)C1CC2CNCCN2C1. The van der Waals surface area contributed by atoms with Gasteiger partial charge in [-0.1, -0.05) is 0 Å². The molecule has 14 heavy (non-hydrogen) atoms. The first-order chi connectivity index (χ1) is 6.68. The van der Waals surface area contributed by atoms with Crippen molar-refractivity contribution in [3.05, 3.63) is 0 Å². The van der Waals surface area contributed by atoms with Crippen molar-refractivity contribution in [2.75, 3.05) is 40.3 Å². The summed E-state index contributed by atoms with van der Waals surface area (Å²) in [4.78, 5) is 15.9. The standard InChI is InChI=1S/C10H19N3O/c1-12(2)10(14)8-5-9-6-11-3-4-13(9)7-8/h8-9,11H,3-7H2,1-2H3. The van der Waals surface area contributed by atoms with E-state index in [0.29, 0.717) is 11.9 Å². The number of hydrogen-bond acceptors (Lipinski definition) is 3. The lowest BCUT2D eigenvalue weighted by Gasteiger charge is -2.29. The number of amides is 1. The van der Waals surface area contributed by atoms with Crippen LogP contribution >= 0.6 is 0 Å². The van der Waals surface area contributed by atoms with Gasteiger partial charge in [0.2, 0.25) is 5.91 Å². The van der Waals surface area contributed by atoms with E-state index in [0.717, 1.165) is 32.6 Å². The molecule has 2 unspecified atom stereocenters. The Hall–Kier alpha value is -0.610. The molecule has 0 aromatic heterocycles. The van der Waals surface area contributed by atoms with E-state index in [9.17, 15) is 4.79 Å². The molecule has 2 saturated heterocycles. The van der Waals surface area contributed by atoms with E-state index >= 15 is 0 Å². The largest absolute Gasteiger partial charge is 0.349 e. The molecule has 0 spiro atoms. The van der Waals surface area contributed by atoms with Crippen LogP contribution in [0.1, 0.15) is 6.42 Å². The first-order valence-electron chi connectivity index (χ1n) is 5.34. The molecule has 2 heterocycles. The van der Waals surface area contributed by atoms with Crippen LogP contribution < -0.4 is 5.32 Å². The molecule has 80 valence electrons. The van der Waals surface area contributed by atoms with Gasteiger partial charge in [-0.05, 0) is 6.42 Å². The predicted molar refractivity (Wildman–Crippen MR) is 55.0 cm³/mol. The molecule has 0 aromatic carbocycles. The number of nitrogens with zero attached hydrogens (tertiary/aromatic N) is 2.